The highest BCUT2D eigenvalue weighted by molar-refractivity contribution is 7.19. The molecule has 0 saturated heterocycles. The van der Waals surface area contributed by atoms with E-state index in [-0.39, 0.29) is 0 Å². The SMILES string of the molecule is Clc1ccc(-c2nn[nH]n2)s1. The van der Waals surface area contributed by atoms with Crippen molar-refractivity contribution in [2.24, 2.45) is 0 Å². The second-order valence-corrected chi connectivity index (χ2v) is 3.55. The van der Waals surface area contributed by atoms with Crippen LogP contribution in [0.25, 0.3) is 10.7 Å². The van der Waals surface area contributed by atoms with Crippen LogP contribution in [0.2, 0.25) is 4.34 Å². The van der Waals surface area contributed by atoms with E-state index in [1.54, 1.807) is 6.07 Å². The zero-order chi connectivity index (χ0) is 7.68. The fourth-order valence-electron chi connectivity index (χ4n) is 0.701. The lowest BCUT2D eigenvalue weighted by Gasteiger charge is -1.80. The Morgan fingerprint density at radius 2 is 2.36 bits per heavy atom. The summed E-state index contributed by atoms with van der Waals surface area (Å²) in [6, 6.07) is 3.66. The Morgan fingerprint density at radius 1 is 1.45 bits per heavy atom. The molecule has 2 aromatic rings. The van der Waals surface area contributed by atoms with Crippen molar-refractivity contribution in [1.29, 1.82) is 0 Å². The van der Waals surface area contributed by atoms with Crippen LogP contribution in [0.4, 0.5) is 0 Å². The van der Waals surface area contributed by atoms with Crippen LogP contribution in [-0.2, 0) is 0 Å². The molecular weight excluding hydrogens is 184 g/mol. The van der Waals surface area contributed by atoms with Crippen molar-refractivity contribution in [3.05, 3.63) is 16.5 Å². The summed E-state index contributed by atoms with van der Waals surface area (Å²) < 4.78 is 0.727. The molecule has 2 rings (SSSR count). The number of nitrogens with zero attached hydrogens (tertiary/aromatic N) is 3. The maximum atomic E-state index is 5.71. The van der Waals surface area contributed by atoms with Gasteiger partial charge in [0, 0.05) is 0 Å². The molecule has 6 heteroatoms. The number of halogens is 1. The molecule has 0 bridgehead atoms. The van der Waals surface area contributed by atoms with Crippen LogP contribution in [0.1, 0.15) is 0 Å². The van der Waals surface area contributed by atoms with Crippen LogP contribution >= 0.6 is 22.9 Å². The molecule has 56 valence electrons. The molecule has 0 atom stereocenters. The first-order valence-corrected chi connectivity index (χ1v) is 4.05. The van der Waals surface area contributed by atoms with E-state index in [2.05, 4.69) is 20.6 Å². The number of H-pyrrole nitrogens is 1. The van der Waals surface area contributed by atoms with E-state index in [0.29, 0.717) is 5.82 Å². The van der Waals surface area contributed by atoms with Crippen molar-refractivity contribution in [1.82, 2.24) is 20.6 Å². The van der Waals surface area contributed by atoms with Crippen molar-refractivity contribution >= 4 is 22.9 Å². The van der Waals surface area contributed by atoms with Gasteiger partial charge in [-0.2, -0.15) is 5.21 Å². The normalized spacial score (nSPS) is 10.3. The summed E-state index contributed by atoms with van der Waals surface area (Å²) in [7, 11) is 0. The highest BCUT2D eigenvalue weighted by atomic mass is 35.5. The first-order chi connectivity index (χ1) is 5.36. The lowest BCUT2D eigenvalue weighted by molar-refractivity contribution is 0.881. The van der Waals surface area contributed by atoms with Gasteiger partial charge in [-0.1, -0.05) is 11.6 Å². The predicted octanol–water partition coefficient (Wildman–Crippen LogP) is 1.58. The van der Waals surface area contributed by atoms with Gasteiger partial charge in [0.15, 0.2) is 0 Å². The standard InChI is InChI=1S/C5H3ClN4S/c6-4-2-1-3(11-4)5-7-9-10-8-5/h1-2H,(H,7,8,9,10). The summed E-state index contributed by atoms with van der Waals surface area (Å²) in [6.07, 6.45) is 0. The van der Waals surface area contributed by atoms with Gasteiger partial charge >= 0.3 is 0 Å². The van der Waals surface area contributed by atoms with Crippen LogP contribution in [0, 0.1) is 0 Å². The third-order valence-electron chi connectivity index (χ3n) is 1.14. The quantitative estimate of drug-likeness (QED) is 0.736. The van der Waals surface area contributed by atoms with Gasteiger partial charge in [0.2, 0.25) is 5.82 Å². The molecule has 0 radical (unpaired) electrons. The van der Waals surface area contributed by atoms with Crippen molar-refractivity contribution < 1.29 is 0 Å². The number of rotatable bonds is 1. The Bertz CT molecular complexity index is 341. The Balaban J connectivity index is 2.45. The van der Waals surface area contributed by atoms with Crippen molar-refractivity contribution in [2.45, 2.75) is 0 Å². The van der Waals surface area contributed by atoms with E-state index < -0.39 is 0 Å². The number of aromatic nitrogens is 4. The molecule has 0 aromatic carbocycles. The summed E-state index contributed by atoms with van der Waals surface area (Å²) >= 11 is 7.14. The number of hydrogen-bond acceptors (Lipinski definition) is 4. The van der Waals surface area contributed by atoms with Crippen LogP contribution < -0.4 is 0 Å². The fraction of sp³-hybridized carbons (Fsp3) is 0. The van der Waals surface area contributed by atoms with Gasteiger partial charge in [-0.3, -0.25) is 0 Å². The number of hydrogen-bond donors (Lipinski definition) is 1. The minimum absolute atomic E-state index is 0.585. The molecule has 0 aliphatic rings. The van der Waals surface area contributed by atoms with E-state index in [1.807, 2.05) is 6.07 Å². The topological polar surface area (TPSA) is 54.5 Å². The Hall–Kier alpha value is -0.940. The molecule has 2 heterocycles. The third kappa shape index (κ3) is 1.24. The Morgan fingerprint density at radius 3 is 2.91 bits per heavy atom. The first-order valence-electron chi connectivity index (χ1n) is 2.85. The molecule has 0 aliphatic heterocycles. The van der Waals surface area contributed by atoms with Gasteiger partial charge in [0.25, 0.3) is 0 Å². The molecule has 0 fully saturated rings. The minimum atomic E-state index is 0.585. The zero-order valence-corrected chi connectivity index (χ0v) is 6.85. The second kappa shape index (κ2) is 2.60. The molecule has 0 amide bonds. The lowest BCUT2D eigenvalue weighted by Crippen LogP contribution is -1.73. The van der Waals surface area contributed by atoms with Crippen molar-refractivity contribution in [2.75, 3.05) is 0 Å². The zero-order valence-electron chi connectivity index (χ0n) is 5.28. The Labute approximate surface area is 71.2 Å². The molecule has 0 unspecified atom stereocenters. The van der Waals surface area contributed by atoms with Crippen LogP contribution in [0.3, 0.4) is 0 Å². The Kier molecular flexibility index (Phi) is 1.59. The molecule has 2 aromatic heterocycles. The van der Waals surface area contributed by atoms with E-state index in [9.17, 15) is 0 Å². The van der Waals surface area contributed by atoms with Gasteiger partial charge in [0.05, 0.1) is 9.21 Å². The molecule has 4 nitrogen and oxygen atoms in total. The number of nitrogens with one attached hydrogen (secondary N) is 1. The molecule has 11 heavy (non-hydrogen) atoms. The highest BCUT2D eigenvalue weighted by Gasteiger charge is 2.04. The smallest absolute Gasteiger partial charge is 0.177 e. The van der Waals surface area contributed by atoms with Gasteiger partial charge in [-0.05, 0) is 17.3 Å². The van der Waals surface area contributed by atoms with E-state index in [1.165, 1.54) is 11.3 Å². The third-order valence-corrected chi connectivity index (χ3v) is 2.37. The van der Waals surface area contributed by atoms with Gasteiger partial charge < -0.3 is 0 Å². The number of tetrazole rings is 1. The van der Waals surface area contributed by atoms with E-state index in [4.69, 9.17) is 11.6 Å². The largest absolute Gasteiger partial charge is 0.214 e. The molecule has 0 aliphatic carbocycles. The van der Waals surface area contributed by atoms with Crippen LogP contribution in [0.15, 0.2) is 12.1 Å². The summed E-state index contributed by atoms with van der Waals surface area (Å²) in [5.74, 6) is 0.585. The highest BCUT2D eigenvalue weighted by Crippen LogP contribution is 2.27. The summed E-state index contributed by atoms with van der Waals surface area (Å²) in [4.78, 5) is 0.920. The number of thiophene rings is 1. The van der Waals surface area contributed by atoms with Gasteiger partial charge in [-0.15, -0.1) is 21.5 Å². The maximum absolute atomic E-state index is 5.71. The van der Waals surface area contributed by atoms with Gasteiger partial charge in [-0.25, -0.2) is 0 Å². The average molecular weight is 187 g/mol. The van der Waals surface area contributed by atoms with Crippen LogP contribution in [0.5, 0.6) is 0 Å². The summed E-state index contributed by atoms with van der Waals surface area (Å²) in [5.41, 5.74) is 0. The summed E-state index contributed by atoms with van der Waals surface area (Å²) in [6.45, 7) is 0. The summed E-state index contributed by atoms with van der Waals surface area (Å²) in [5, 5.41) is 13.4. The number of aromatic amines is 1. The predicted molar refractivity (Wildman–Crippen MR) is 42.5 cm³/mol. The molecule has 1 N–H and O–H groups in total. The van der Waals surface area contributed by atoms with Crippen molar-refractivity contribution in [3.8, 4) is 10.7 Å². The molecule has 0 saturated carbocycles. The van der Waals surface area contributed by atoms with Crippen molar-refractivity contribution in [3.63, 3.8) is 0 Å². The van der Waals surface area contributed by atoms with E-state index in [0.717, 1.165) is 9.21 Å². The van der Waals surface area contributed by atoms with Gasteiger partial charge in [0.1, 0.15) is 0 Å². The molecule has 0 spiro atoms. The van der Waals surface area contributed by atoms with Crippen LogP contribution in [-0.4, -0.2) is 20.6 Å². The minimum Gasteiger partial charge on any atom is -0.177 e. The molecular formula is C5H3ClN4S. The second-order valence-electron chi connectivity index (χ2n) is 1.84. The average Bonchev–Trinajstić information content (AvgIpc) is 2.55. The maximum Gasteiger partial charge on any atom is 0.214 e. The first kappa shape index (κ1) is 6.75. The lowest BCUT2D eigenvalue weighted by atomic mass is 10.5. The monoisotopic (exact) mass is 186 g/mol. The van der Waals surface area contributed by atoms with E-state index >= 15 is 0 Å². The fourth-order valence-corrected chi connectivity index (χ4v) is 1.67.